The first kappa shape index (κ1) is 14.0. The maximum atomic E-state index is 12.6. The first-order chi connectivity index (χ1) is 9.01. The van der Waals surface area contributed by atoms with Crippen LogP contribution in [0.1, 0.15) is 28.4 Å². The van der Waals surface area contributed by atoms with E-state index in [1.807, 2.05) is 43.9 Å². The van der Waals surface area contributed by atoms with E-state index in [1.165, 1.54) is 0 Å². The number of morpholine rings is 1. The normalized spacial score (nSPS) is 23.5. The van der Waals surface area contributed by atoms with Gasteiger partial charge in [0, 0.05) is 25.2 Å². The van der Waals surface area contributed by atoms with Crippen molar-refractivity contribution in [1.82, 2.24) is 4.90 Å². The third-order valence-corrected chi connectivity index (χ3v) is 3.50. The van der Waals surface area contributed by atoms with Gasteiger partial charge < -0.3 is 15.4 Å². The average molecular weight is 262 g/mol. The summed E-state index contributed by atoms with van der Waals surface area (Å²) in [5.41, 5.74) is 8.56. The monoisotopic (exact) mass is 262 g/mol. The van der Waals surface area contributed by atoms with Gasteiger partial charge in [-0.3, -0.25) is 4.79 Å². The minimum absolute atomic E-state index is 0.0383. The number of amides is 1. The van der Waals surface area contributed by atoms with Gasteiger partial charge in [0.15, 0.2) is 0 Å². The van der Waals surface area contributed by atoms with Crippen molar-refractivity contribution < 1.29 is 9.53 Å². The van der Waals surface area contributed by atoms with E-state index in [2.05, 4.69) is 0 Å². The van der Waals surface area contributed by atoms with E-state index >= 15 is 0 Å². The summed E-state index contributed by atoms with van der Waals surface area (Å²) >= 11 is 0. The molecule has 0 bridgehead atoms. The van der Waals surface area contributed by atoms with Gasteiger partial charge >= 0.3 is 0 Å². The lowest BCUT2D eigenvalue weighted by Crippen LogP contribution is -2.51. The highest BCUT2D eigenvalue weighted by Crippen LogP contribution is 2.17. The van der Waals surface area contributed by atoms with Gasteiger partial charge in [-0.25, -0.2) is 0 Å². The summed E-state index contributed by atoms with van der Waals surface area (Å²) in [5, 5.41) is 0. The maximum absolute atomic E-state index is 12.6. The molecule has 0 radical (unpaired) electrons. The highest BCUT2D eigenvalue weighted by Gasteiger charge is 2.28. The SMILES string of the molecule is Cc1ccc(C)c(C(=O)N2CC(C)OC(CN)C2)c1. The Morgan fingerprint density at radius 1 is 1.42 bits per heavy atom. The lowest BCUT2D eigenvalue weighted by molar-refractivity contribution is -0.0626. The number of hydrogen-bond donors (Lipinski definition) is 1. The van der Waals surface area contributed by atoms with Crippen molar-refractivity contribution in [2.75, 3.05) is 19.6 Å². The third kappa shape index (κ3) is 3.14. The molecule has 4 heteroatoms. The molecule has 0 saturated carbocycles. The van der Waals surface area contributed by atoms with Crippen LogP contribution in [-0.4, -0.2) is 42.6 Å². The summed E-state index contributed by atoms with van der Waals surface area (Å²) < 4.78 is 5.69. The van der Waals surface area contributed by atoms with Crippen LogP contribution in [0.5, 0.6) is 0 Å². The Balaban J connectivity index is 2.21. The quantitative estimate of drug-likeness (QED) is 0.878. The zero-order chi connectivity index (χ0) is 14.0. The molecule has 2 atom stereocenters. The van der Waals surface area contributed by atoms with E-state index in [0.717, 1.165) is 16.7 Å². The van der Waals surface area contributed by atoms with Gasteiger partial charge in [-0.2, -0.15) is 0 Å². The number of nitrogens with two attached hydrogens (primary N) is 1. The zero-order valence-corrected chi connectivity index (χ0v) is 11.8. The van der Waals surface area contributed by atoms with Crippen LogP contribution < -0.4 is 5.73 Å². The largest absolute Gasteiger partial charge is 0.370 e. The fraction of sp³-hybridized carbons (Fsp3) is 0.533. The molecular weight excluding hydrogens is 240 g/mol. The molecule has 1 heterocycles. The highest BCUT2D eigenvalue weighted by molar-refractivity contribution is 5.96. The van der Waals surface area contributed by atoms with E-state index in [1.54, 1.807) is 0 Å². The van der Waals surface area contributed by atoms with Gasteiger partial charge in [0.25, 0.3) is 5.91 Å². The summed E-state index contributed by atoms with van der Waals surface area (Å²) in [4.78, 5) is 14.5. The van der Waals surface area contributed by atoms with E-state index in [9.17, 15) is 4.79 Å². The van der Waals surface area contributed by atoms with Crippen molar-refractivity contribution in [1.29, 1.82) is 0 Å². The zero-order valence-electron chi connectivity index (χ0n) is 11.8. The molecule has 1 saturated heterocycles. The Labute approximate surface area is 114 Å². The first-order valence-corrected chi connectivity index (χ1v) is 6.73. The summed E-state index contributed by atoms with van der Waals surface area (Å²) in [6.45, 7) is 7.60. The average Bonchev–Trinajstić information content (AvgIpc) is 2.40. The number of ether oxygens (including phenoxy) is 1. The molecule has 1 aliphatic heterocycles. The van der Waals surface area contributed by atoms with Crippen LogP contribution in [0, 0.1) is 13.8 Å². The van der Waals surface area contributed by atoms with E-state index in [-0.39, 0.29) is 18.1 Å². The molecule has 1 aromatic rings. The molecule has 104 valence electrons. The molecule has 0 spiro atoms. The second-order valence-electron chi connectivity index (χ2n) is 5.33. The fourth-order valence-electron chi connectivity index (χ4n) is 2.48. The van der Waals surface area contributed by atoms with E-state index in [0.29, 0.717) is 19.6 Å². The van der Waals surface area contributed by atoms with Crippen LogP contribution >= 0.6 is 0 Å². The van der Waals surface area contributed by atoms with Crippen molar-refractivity contribution in [3.63, 3.8) is 0 Å². The second kappa shape index (κ2) is 5.72. The predicted molar refractivity (Wildman–Crippen MR) is 75.2 cm³/mol. The molecular formula is C15H22N2O2. The van der Waals surface area contributed by atoms with Gasteiger partial charge in [-0.05, 0) is 32.4 Å². The summed E-state index contributed by atoms with van der Waals surface area (Å²) in [6, 6.07) is 5.97. The molecule has 1 amide bonds. The number of hydrogen-bond acceptors (Lipinski definition) is 3. The third-order valence-electron chi connectivity index (χ3n) is 3.50. The van der Waals surface area contributed by atoms with Gasteiger partial charge in [0.1, 0.15) is 0 Å². The number of benzene rings is 1. The van der Waals surface area contributed by atoms with Crippen molar-refractivity contribution in [2.45, 2.75) is 33.0 Å². The fourth-order valence-corrected chi connectivity index (χ4v) is 2.48. The minimum atomic E-state index is -0.0576. The molecule has 1 aliphatic rings. The van der Waals surface area contributed by atoms with Crippen LogP contribution in [-0.2, 0) is 4.74 Å². The van der Waals surface area contributed by atoms with Crippen LogP contribution in [0.2, 0.25) is 0 Å². The maximum Gasteiger partial charge on any atom is 0.254 e. The minimum Gasteiger partial charge on any atom is -0.370 e. The Bertz CT molecular complexity index is 473. The topological polar surface area (TPSA) is 55.6 Å². The molecule has 0 aliphatic carbocycles. The van der Waals surface area contributed by atoms with E-state index < -0.39 is 0 Å². The molecule has 2 unspecified atom stereocenters. The number of rotatable bonds is 2. The highest BCUT2D eigenvalue weighted by atomic mass is 16.5. The van der Waals surface area contributed by atoms with E-state index in [4.69, 9.17) is 10.5 Å². The first-order valence-electron chi connectivity index (χ1n) is 6.73. The molecule has 0 aromatic heterocycles. The lowest BCUT2D eigenvalue weighted by Gasteiger charge is -2.36. The van der Waals surface area contributed by atoms with Gasteiger partial charge in [0.05, 0.1) is 12.2 Å². The lowest BCUT2D eigenvalue weighted by atomic mass is 10.0. The van der Waals surface area contributed by atoms with Gasteiger partial charge in [-0.15, -0.1) is 0 Å². The predicted octanol–water partition coefficient (Wildman–Crippen LogP) is 1.49. The van der Waals surface area contributed by atoms with Crippen molar-refractivity contribution in [3.05, 3.63) is 34.9 Å². The number of aryl methyl sites for hydroxylation is 2. The second-order valence-corrected chi connectivity index (χ2v) is 5.33. The van der Waals surface area contributed by atoms with Crippen molar-refractivity contribution in [3.8, 4) is 0 Å². The Morgan fingerprint density at radius 3 is 2.84 bits per heavy atom. The van der Waals surface area contributed by atoms with Crippen LogP contribution in [0.4, 0.5) is 0 Å². The Hall–Kier alpha value is -1.39. The van der Waals surface area contributed by atoms with Crippen molar-refractivity contribution >= 4 is 5.91 Å². The summed E-state index contributed by atoms with van der Waals surface area (Å²) in [5.74, 6) is 0.0785. The summed E-state index contributed by atoms with van der Waals surface area (Å²) in [6.07, 6.45) is -0.0193. The van der Waals surface area contributed by atoms with Crippen molar-refractivity contribution in [2.24, 2.45) is 5.73 Å². The smallest absolute Gasteiger partial charge is 0.254 e. The van der Waals surface area contributed by atoms with Gasteiger partial charge in [-0.1, -0.05) is 17.7 Å². The standard InChI is InChI=1S/C15H22N2O2/c1-10-4-5-11(2)14(6-10)15(18)17-8-12(3)19-13(7-16)9-17/h4-6,12-13H,7-9,16H2,1-3H3. The Kier molecular flexibility index (Phi) is 4.22. The molecule has 1 aromatic carbocycles. The summed E-state index contributed by atoms with van der Waals surface area (Å²) in [7, 11) is 0. The number of nitrogens with zero attached hydrogens (tertiary/aromatic N) is 1. The van der Waals surface area contributed by atoms with Crippen LogP contribution in [0.3, 0.4) is 0 Å². The molecule has 1 fully saturated rings. The Morgan fingerprint density at radius 2 is 2.16 bits per heavy atom. The molecule has 2 N–H and O–H groups in total. The molecule has 4 nitrogen and oxygen atoms in total. The van der Waals surface area contributed by atoms with Crippen LogP contribution in [0.15, 0.2) is 18.2 Å². The number of carbonyl (C=O) groups excluding carboxylic acids is 1. The molecule has 2 rings (SSSR count). The molecule has 19 heavy (non-hydrogen) atoms. The van der Waals surface area contributed by atoms with Gasteiger partial charge in [0.2, 0.25) is 0 Å². The number of carbonyl (C=O) groups is 1. The van der Waals surface area contributed by atoms with Crippen LogP contribution in [0.25, 0.3) is 0 Å².